The average Bonchev–Trinajstić information content (AvgIpc) is 2.27. The van der Waals surface area contributed by atoms with Gasteiger partial charge in [-0.15, -0.1) is 0 Å². The highest BCUT2D eigenvalue weighted by Gasteiger charge is 2.05. The van der Waals surface area contributed by atoms with Crippen LogP contribution in [0.2, 0.25) is 0 Å². The van der Waals surface area contributed by atoms with Gasteiger partial charge in [0.1, 0.15) is 5.75 Å². The fourth-order valence-corrected chi connectivity index (χ4v) is 1.33. The monoisotopic (exact) mass is 236 g/mol. The summed E-state index contributed by atoms with van der Waals surface area (Å²) < 4.78 is 5.46. The fourth-order valence-electron chi connectivity index (χ4n) is 1.33. The SMILES string of the molecule is Cc1ccc(C)c(OCC(=O)NCC(C)N)c1. The molecule has 4 heteroatoms. The van der Waals surface area contributed by atoms with Crippen molar-refractivity contribution in [3.63, 3.8) is 0 Å². The minimum absolute atomic E-state index is 0.0248. The Morgan fingerprint density at radius 3 is 2.82 bits per heavy atom. The summed E-state index contributed by atoms with van der Waals surface area (Å²) in [5, 5.41) is 2.70. The highest BCUT2D eigenvalue weighted by atomic mass is 16.5. The molecular formula is C13H20N2O2. The Morgan fingerprint density at radius 1 is 1.47 bits per heavy atom. The molecule has 1 amide bonds. The second-order valence-electron chi connectivity index (χ2n) is 4.34. The molecule has 3 N–H and O–H groups in total. The topological polar surface area (TPSA) is 64.3 Å². The van der Waals surface area contributed by atoms with Crippen molar-refractivity contribution < 1.29 is 9.53 Å². The van der Waals surface area contributed by atoms with Gasteiger partial charge < -0.3 is 15.8 Å². The first-order valence-electron chi connectivity index (χ1n) is 5.71. The maximum Gasteiger partial charge on any atom is 0.257 e. The second-order valence-corrected chi connectivity index (χ2v) is 4.34. The number of ether oxygens (including phenoxy) is 1. The number of benzene rings is 1. The molecule has 0 heterocycles. The van der Waals surface area contributed by atoms with Crippen LogP contribution in [-0.4, -0.2) is 25.1 Å². The normalized spacial score (nSPS) is 12.0. The lowest BCUT2D eigenvalue weighted by Gasteiger charge is -2.11. The first-order chi connectivity index (χ1) is 7.99. The van der Waals surface area contributed by atoms with Gasteiger partial charge in [-0.3, -0.25) is 4.79 Å². The van der Waals surface area contributed by atoms with Crippen LogP contribution in [0.4, 0.5) is 0 Å². The zero-order valence-corrected chi connectivity index (χ0v) is 10.6. The predicted molar refractivity (Wildman–Crippen MR) is 68.1 cm³/mol. The van der Waals surface area contributed by atoms with E-state index in [1.54, 1.807) is 0 Å². The van der Waals surface area contributed by atoms with Gasteiger partial charge in [0, 0.05) is 12.6 Å². The van der Waals surface area contributed by atoms with Crippen LogP contribution in [0.3, 0.4) is 0 Å². The van der Waals surface area contributed by atoms with Gasteiger partial charge in [0.25, 0.3) is 5.91 Å². The van der Waals surface area contributed by atoms with E-state index in [0.717, 1.165) is 16.9 Å². The van der Waals surface area contributed by atoms with E-state index in [2.05, 4.69) is 5.32 Å². The third-order valence-corrected chi connectivity index (χ3v) is 2.32. The molecular weight excluding hydrogens is 216 g/mol. The van der Waals surface area contributed by atoms with Crippen molar-refractivity contribution in [1.29, 1.82) is 0 Å². The number of amides is 1. The van der Waals surface area contributed by atoms with Crippen LogP contribution in [0, 0.1) is 13.8 Å². The molecule has 0 radical (unpaired) electrons. The van der Waals surface area contributed by atoms with Crippen LogP contribution in [0.15, 0.2) is 18.2 Å². The zero-order valence-electron chi connectivity index (χ0n) is 10.6. The summed E-state index contributed by atoms with van der Waals surface area (Å²) in [7, 11) is 0. The molecule has 0 fully saturated rings. The highest BCUT2D eigenvalue weighted by Crippen LogP contribution is 2.18. The Kier molecular flexibility index (Phi) is 4.97. The van der Waals surface area contributed by atoms with E-state index in [1.807, 2.05) is 39.0 Å². The number of carbonyl (C=O) groups excluding carboxylic acids is 1. The lowest BCUT2D eigenvalue weighted by molar-refractivity contribution is -0.123. The molecule has 0 spiro atoms. The molecule has 1 aromatic carbocycles. The van der Waals surface area contributed by atoms with Gasteiger partial charge in [-0.2, -0.15) is 0 Å². The van der Waals surface area contributed by atoms with Crippen molar-refractivity contribution in [2.24, 2.45) is 5.73 Å². The predicted octanol–water partition coefficient (Wildman–Crippen LogP) is 1.15. The molecule has 0 saturated heterocycles. The molecule has 0 aromatic heterocycles. The Bertz CT molecular complexity index is 389. The quantitative estimate of drug-likeness (QED) is 0.806. The smallest absolute Gasteiger partial charge is 0.257 e. The number of aryl methyl sites for hydroxylation is 2. The van der Waals surface area contributed by atoms with Crippen molar-refractivity contribution in [2.75, 3.05) is 13.2 Å². The third kappa shape index (κ3) is 4.87. The lowest BCUT2D eigenvalue weighted by Crippen LogP contribution is -2.37. The largest absolute Gasteiger partial charge is 0.483 e. The molecule has 0 bridgehead atoms. The molecule has 0 aliphatic rings. The van der Waals surface area contributed by atoms with Crippen LogP contribution in [-0.2, 0) is 4.79 Å². The summed E-state index contributed by atoms with van der Waals surface area (Å²) in [5.74, 6) is 0.601. The standard InChI is InChI=1S/C13H20N2O2/c1-9-4-5-10(2)12(6-9)17-8-13(16)15-7-11(3)14/h4-6,11H,7-8,14H2,1-3H3,(H,15,16). The molecule has 1 unspecified atom stereocenters. The van der Waals surface area contributed by atoms with Crippen molar-refractivity contribution in [1.82, 2.24) is 5.32 Å². The van der Waals surface area contributed by atoms with E-state index < -0.39 is 0 Å². The minimum Gasteiger partial charge on any atom is -0.483 e. The highest BCUT2D eigenvalue weighted by molar-refractivity contribution is 5.77. The number of hydrogen-bond donors (Lipinski definition) is 2. The molecule has 1 rings (SSSR count). The summed E-state index contributed by atoms with van der Waals surface area (Å²) >= 11 is 0. The van der Waals surface area contributed by atoms with E-state index in [-0.39, 0.29) is 18.6 Å². The van der Waals surface area contributed by atoms with Crippen LogP contribution < -0.4 is 15.8 Å². The summed E-state index contributed by atoms with van der Waals surface area (Å²) in [6.45, 7) is 6.27. The Morgan fingerprint density at radius 2 is 2.18 bits per heavy atom. The fraction of sp³-hybridized carbons (Fsp3) is 0.462. The second kappa shape index (κ2) is 6.25. The number of hydrogen-bond acceptors (Lipinski definition) is 3. The van der Waals surface area contributed by atoms with E-state index >= 15 is 0 Å². The number of nitrogens with two attached hydrogens (primary N) is 1. The first-order valence-corrected chi connectivity index (χ1v) is 5.71. The molecule has 0 aliphatic heterocycles. The molecule has 17 heavy (non-hydrogen) atoms. The zero-order chi connectivity index (χ0) is 12.8. The van der Waals surface area contributed by atoms with Gasteiger partial charge in [0.05, 0.1) is 0 Å². The summed E-state index contributed by atoms with van der Waals surface area (Å²) in [6, 6.07) is 5.87. The van der Waals surface area contributed by atoms with Crippen LogP contribution in [0.1, 0.15) is 18.1 Å². The average molecular weight is 236 g/mol. The molecule has 0 saturated carbocycles. The molecule has 0 aliphatic carbocycles. The molecule has 4 nitrogen and oxygen atoms in total. The first kappa shape index (κ1) is 13.5. The van der Waals surface area contributed by atoms with Gasteiger partial charge in [0.2, 0.25) is 0 Å². The number of rotatable bonds is 5. The van der Waals surface area contributed by atoms with Gasteiger partial charge >= 0.3 is 0 Å². The molecule has 1 atom stereocenters. The van der Waals surface area contributed by atoms with E-state index in [9.17, 15) is 4.79 Å². The van der Waals surface area contributed by atoms with Crippen LogP contribution >= 0.6 is 0 Å². The van der Waals surface area contributed by atoms with Gasteiger partial charge in [-0.05, 0) is 38.0 Å². The van der Waals surface area contributed by atoms with Gasteiger partial charge in [-0.25, -0.2) is 0 Å². The van der Waals surface area contributed by atoms with Gasteiger partial charge in [-0.1, -0.05) is 12.1 Å². The van der Waals surface area contributed by atoms with Crippen molar-refractivity contribution in [2.45, 2.75) is 26.8 Å². The van der Waals surface area contributed by atoms with E-state index in [1.165, 1.54) is 0 Å². The number of nitrogens with one attached hydrogen (secondary N) is 1. The minimum atomic E-state index is -0.150. The van der Waals surface area contributed by atoms with Crippen molar-refractivity contribution in [3.8, 4) is 5.75 Å². The maximum absolute atomic E-state index is 11.4. The van der Waals surface area contributed by atoms with Crippen molar-refractivity contribution >= 4 is 5.91 Å². The maximum atomic E-state index is 11.4. The van der Waals surface area contributed by atoms with E-state index in [4.69, 9.17) is 10.5 Å². The molecule has 1 aromatic rings. The summed E-state index contributed by atoms with van der Waals surface area (Å²) in [4.78, 5) is 11.4. The summed E-state index contributed by atoms with van der Waals surface area (Å²) in [5.41, 5.74) is 7.67. The lowest BCUT2D eigenvalue weighted by atomic mass is 10.1. The number of carbonyl (C=O) groups is 1. The Hall–Kier alpha value is -1.55. The van der Waals surface area contributed by atoms with Crippen LogP contribution in [0.25, 0.3) is 0 Å². The Balaban J connectivity index is 2.44. The molecule has 94 valence electrons. The third-order valence-electron chi connectivity index (χ3n) is 2.32. The van der Waals surface area contributed by atoms with Crippen molar-refractivity contribution in [3.05, 3.63) is 29.3 Å². The summed E-state index contributed by atoms with van der Waals surface area (Å²) in [6.07, 6.45) is 0. The van der Waals surface area contributed by atoms with Gasteiger partial charge in [0.15, 0.2) is 6.61 Å². The Labute approximate surface area is 102 Å². The van der Waals surface area contributed by atoms with E-state index in [0.29, 0.717) is 6.54 Å². The van der Waals surface area contributed by atoms with Crippen LogP contribution in [0.5, 0.6) is 5.75 Å².